The summed E-state index contributed by atoms with van der Waals surface area (Å²) in [6, 6.07) is 2.95. The van der Waals surface area contributed by atoms with Gasteiger partial charge in [0, 0.05) is 5.92 Å². The molecule has 0 spiro atoms. The van der Waals surface area contributed by atoms with E-state index >= 15 is 0 Å². The molecule has 2 unspecified atom stereocenters. The van der Waals surface area contributed by atoms with Gasteiger partial charge >= 0.3 is 5.88 Å². The molecule has 0 amide bonds. The lowest BCUT2D eigenvalue weighted by atomic mass is 9.83. The SMILES string of the molecule is O=[N+]([O-])c1ccc(C2=NOC3CCCCC23)o1. The number of oxime groups is 1. The van der Waals surface area contributed by atoms with Gasteiger partial charge in [-0.25, -0.2) is 0 Å². The van der Waals surface area contributed by atoms with E-state index in [4.69, 9.17) is 9.25 Å². The summed E-state index contributed by atoms with van der Waals surface area (Å²) in [5.41, 5.74) is 0.725. The number of hydrogen-bond donors (Lipinski definition) is 0. The molecular formula is C11H12N2O4. The highest BCUT2D eigenvalue weighted by molar-refractivity contribution is 6.01. The van der Waals surface area contributed by atoms with Gasteiger partial charge in [0.25, 0.3) is 0 Å². The topological polar surface area (TPSA) is 77.9 Å². The number of furan rings is 1. The lowest BCUT2D eigenvalue weighted by Crippen LogP contribution is -2.27. The number of rotatable bonds is 2. The average Bonchev–Trinajstić information content (AvgIpc) is 2.95. The highest BCUT2D eigenvalue weighted by Gasteiger charge is 2.38. The third-order valence-electron chi connectivity index (χ3n) is 3.36. The standard InChI is InChI=1S/C11H12N2O4/c14-13(15)10-6-5-9(16-10)11-7-3-1-2-4-8(7)17-12-11/h5-8H,1-4H2. The Morgan fingerprint density at radius 3 is 2.94 bits per heavy atom. The van der Waals surface area contributed by atoms with Crippen LogP contribution in [0.15, 0.2) is 21.7 Å². The van der Waals surface area contributed by atoms with Crippen molar-refractivity contribution in [1.82, 2.24) is 0 Å². The Morgan fingerprint density at radius 2 is 2.18 bits per heavy atom. The number of hydrogen-bond acceptors (Lipinski definition) is 5. The first kappa shape index (κ1) is 10.3. The molecule has 2 aliphatic rings. The van der Waals surface area contributed by atoms with Gasteiger partial charge in [-0.3, -0.25) is 10.1 Å². The fraction of sp³-hybridized carbons (Fsp3) is 0.545. The predicted molar refractivity (Wildman–Crippen MR) is 58.7 cm³/mol. The van der Waals surface area contributed by atoms with Gasteiger partial charge < -0.3 is 9.25 Å². The van der Waals surface area contributed by atoms with E-state index < -0.39 is 4.92 Å². The van der Waals surface area contributed by atoms with Crippen LogP contribution in [-0.2, 0) is 4.84 Å². The smallest absolute Gasteiger partial charge is 0.399 e. The molecule has 0 saturated heterocycles. The van der Waals surface area contributed by atoms with Gasteiger partial charge in [0.1, 0.15) is 16.7 Å². The van der Waals surface area contributed by atoms with Crippen molar-refractivity contribution >= 4 is 11.6 Å². The van der Waals surface area contributed by atoms with Crippen LogP contribution in [0.3, 0.4) is 0 Å². The van der Waals surface area contributed by atoms with Gasteiger partial charge in [-0.1, -0.05) is 11.6 Å². The third kappa shape index (κ3) is 1.69. The fourth-order valence-corrected chi connectivity index (χ4v) is 2.52. The summed E-state index contributed by atoms with van der Waals surface area (Å²) in [6.07, 6.45) is 4.44. The second-order valence-corrected chi connectivity index (χ2v) is 4.41. The highest BCUT2D eigenvalue weighted by atomic mass is 16.7. The van der Waals surface area contributed by atoms with E-state index in [0.29, 0.717) is 5.76 Å². The molecule has 1 aliphatic carbocycles. The minimum Gasteiger partial charge on any atom is -0.399 e. The number of fused-ring (bicyclic) bond motifs is 1. The molecular weight excluding hydrogens is 224 g/mol. The van der Waals surface area contributed by atoms with Crippen LogP contribution < -0.4 is 0 Å². The second-order valence-electron chi connectivity index (χ2n) is 4.41. The number of nitro groups is 1. The van der Waals surface area contributed by atoms with E-state index in [1.165, 1.54) is 6.07 Å². The minimum atomic E-state index is -0.543. The quantitative estimate of drug-likeness (QED) is 0.583. The minimum absolute atomic E-state index is 0.128. The van der Waals surface area contributed by atoms with Gasteiger partial charge in [0.2, 0.25) is 0 Å². The zero-order valence-corrected chi connectivity index (χ0v) is 9.17. The largest absolute Gasteiger partial charge is 0.433 e. The zero-order valence-electron chi connectivity index (χ0n) is 9.17. The monoisotopic (exact) mass is 236 g/mol. The highest BCUT2D eigenvalue weighted by Crippen LogP contribution is 2.35. The maximum Gasteiger partial charge on any atom is 0.433 e. The molecule has 1 aliphatic heterocycles. The van der Waals surface area contributed by atoms with Crippen molar-refractivity contribution in [2.24, 2.45) is 11.1 Å². The van der Waals surface area contributed by atoms with E-state index in [9.17, 15) is 10.1 Å². The third-order valence-corrected chi connectivity index (χ3v) is 3.36. The molecule has 90 valence electrons. The lowest BCUT2D eigenvalue weighted by Gasteiger charge is -2.22. The molecule has 1 fully saturated rings. The molecule has 1 aromatic rings. The first-order valence-electron chi connectivity index (χ1n) is 5.74. The summed E-state index contributed by atoms with van der Waals surface area (Å²) >= 11 is 0. The predicted octanol–water partition coefficient (Wildman–Crippen LogP) is 2.48. The van der Waals surface area contributed by atoms with Crippen molar-refractivity contribution in [3.8, 4) is 0 Å². The average molecular weight is 236 g/mol. The zero-order chi connectivity index (χ0) is 11.8. The van der Waals surface area contributed by atoms with Crippen LogP contribution in [0.4, 0.5) is 5.88 Å². The van der Waals surface area contributed by atoms with Crippen molar-refractivity contribution in [3.05, 3.63) is 28.0 Å². The van der Waals surface area contributed by atoms with Crippen molar-refractivity contribution in [2.45, 2.75) is 31.8 Å². The lowest BCUT2D eigenvalue weighted by molar-refractivity contribution is -0.402. The summed E-state index contributed by atoms with van der Waals surface area (Å²) in [4.78, 5) is 15.4. The van der Waals surface area contributed by atoms with Crippen LogP contribution in [-0.4, -0.2) is 16.7 Å². The Bertz CT molecular complexity index is 480. The van der Waals surface area contributed by atoms with E-state index in [1.54, 1.807) is 6.07 Å². The second kappa shape index (κ2) is 3.87. The molecule has 6 nitrogen and oxygen atoms in total. The van der Waals surface area contributed by atoms with Gasteiger partial charge in [0.15, 0.2) is 5.76 Å². The Morgan fingerprint density at radius 1 is 1.35 bits per heavy atom. The van der Waals surface area contributed by atoms with Crippen molar-refractivity contribution in [3.63, 3.8) is 0 Å². The Labute approximate surface area is 97.4 Å². The number of nitrogens with zero attached hydrogens (tertiary/aromatic N) is 2. The maximum atomic E-state index is 10.6. The molecule has 0 radical (unpaired) electrons. The first-order valence-corrected chi connectivity index (χ1v) is 5.74. The Kier molecular flexibility index (Phi) is 2.35. The molecule has 1 saturated carbocycles. The molecule has 2 atom stereocenters. The van der Waals surface area contributed by atoms with Gasteiger partial charge in [-0.05, 0) is 25.3 Å². The summed E-state index contributed by atoms with van der Waals surface area (Å²) in [5, 5.41) is 14.6. The summed E-state index contributed by atoms with van der Waals surface area (Å²) in [7, 11) is 0. The van der Waals surface area contributed by atoms with Crippen molar-refractivity contribution < 1.29 is 14.2 Å². The molecule has 1 aromatic heterocycles. The van der Waals surface area contributed by atoms with Crippen LogP contribution in [0, 0.1) is 16.0 Å². The van der Waals surface area contributed by atoms with Crippen LogP contribution in [0.25, 0.3) is 0 Å². The maximum absolute atomic E-state index is 10.6. The fourth-order valence-electron chi connectivity index (χ4n) is 2.52. The van der Waals surface area contributed by atoms with Crippen LogP contribution in [0.1, 0.15) is 31.4 Å². The molecule has 0 bridgehead atoms. The molecule has 3 rings (SSSR count). The van der Waals surface area contributed by atoms with Crippen LogP contribution >= 0.6 is 0 Å². The first-order chi connectivity index (χ1) is 8.25. The van der Waals surface area contributed by atoms with Gasteiger partial charge in [-0.2, -0.15) is 0 Å². The van der Waals surface area contributed by atoms with Crippen molar-refractivity contribution in [1.29, 1.82) is 0 Å². The van der Waals surface area contributed by atoms with E-state index in [1.807, 2.05) is 0 Å². The molecule has 6 heteroatoms. The van der Waals surface area contributed by atoms with E-state index in [2.05, 4.69) is 5.16 Å². The Balaban J connectivity index is 1.86. The van der Waals surface area contributed by atoms with E-state index in [-0.39, 0.29) is 17.9 Å². The van der Waals surface area contributed by atoms with Crippen LogP contribution in [0.5, 0.6) is 0 Å². The molecule has 0 aromatic carbocycles. The summed E-state index contributed by atoms with van der Waals surface area (Å²) in [5.74, 6) is 0.447. The summed E-state index contributed by atoms with van der Waals surface area (Å²) in [6.45, 7) is 0. The molecule has 0 N–H and O–H groups in total. The van der Waals surface area contributed by atoms with Gasteiger partial charge in [-0.15, -0.1) is 0 Å². The molecule has 2 heterocycles. The summed E-state index contributed by atoms with van der Waals surface area (Å²) < 4.78 is 5.17. The van der Waals surface area contributed by atoms with Crippen LogP contribution in [0.2, 0.25) is 0 Å². The Hall–Kier alpha value is -1.85. The molecule has 17 heavy (non-hydrogen) atoms. The normalized spacial score (nSPS) is 27.2. The van der Waals surface area contributed by atoms with E-state index in [0.717, 1.165) is 31.4 Å². The van der Waals surface area contributed by atoms with Crippen molar-refractivity contribution in [2.75, 3.05) is 0 Å². The van der Waals surface area contributed by atoms with Gasteiger partial charge in [0.05, 0.1) is 6.07 Å².